The summed E-state index contributed by atoms with van der Waals surface area (Å²) in [5, 5.41) is 5.90. The minimum atomic E-state index is -1.15. The van der Waals surface area contributed by atoms with E-state index in [0.29, 0.717) is 15.4 Å². The van der Waals surface area contributed by atoms with E-state index in [4.69, 9.17) is 16.3 Å². The van der Waals surface area contributed by atoms with Crippen molar-refractivity contribution in [1.82, 2.24) is 10.2 Å². The van der Waals surface area contributed by atoms with Gasteiger partial charge in [0, 0.05) is 24.8 Å². The second-order valence-corrected chi connectivity index (χ2v) is 9.94. The molecule has 6 nitrogen and oxygen atoms in total. The zero-order valence-electron chi connectivity index (χ0n) is 17.8. The molecule has 0 unspecified atom stereocenters. The van der Waals surface area contributed by atoms with Crippen molar-refractivity contribution in [1.29, 1.82) is 0 Å². The van der Waals surface area contributed by atoms with Crippen molar-refractivity contribution < 1.29 is 14.3 Å². The number of halogens is 1. The Morgan fingerprint density at radius 2 is 1.83 bits per heavy atom. The summed E-state index contributed by atoms with van der Waals surface area (Å²) in [5.41, 5.74) is 2.16. The highest BCUT2D eigenvalue weighted by atomic mass is 35.5. The average molecular weight is 450 g/mol. The van der Waals surface area contributed by atoms with Crippen LogP contribution in [0.1, 0.15) is 38.8 Å². The number of carbonyl (C=O) groups is 2. The van der Waals surface area contributed by atoms with Crippen LogP contribution in [0.25, 0.3) is 0 Å². The molecule has 0 saturated carbocycles. The van der Waals surface area contributed by atoms with Crippen LogP contribution in [0.15, 0.2) is 30.3 Å². The fourth-order valence-corrected chi connectivity index (χ4v) is 4.28. The molecule has 0 fully saturated rings. The summed E-state index contributed by atoms with van der Waals surface area (Å²) in [5.74, 6) is -0.318. The molecule has 0 atom stereocenters. The molecule has 30 heavy (non-hydrogen) atoms. The normalized spacial score (nSPS) is 14.7. The van der Waals surface area contributed by atoms with E-state index in [1.165, 1.54) is 11.1 Å². The molecule has 2 N–H and O–H groups in total. The van der Waals surface area contributed by atoms with Crippen molar-refractivity contribution in [3.63, 3.8) is 0 Å². The van der Waals surface area contributed by atoms with Crippen LogP contribution in [-0.2, 0) is 17.6 Å². The van der Waals surface area contributed by atoms with E-state index in [1.54, 1.807) is 26.0 Å². The van der Waals surface area contributed by atoms with Gasteiger partial charge in [-0.2, -0.15) is 0 Å². The van der Waals surface area contributed by atoms with E-state index in [0.717, 1.165) is 43.0 Å². The maximum Gasteiger partial charge on any atom is 0.414 e. The smallest absolute Gasteiger partial charge is 0.399 e. The minimum Gasteiger partial charge on any atom is -0.399 e. The summed E-state index contributed by atoms with van der Waals surface area (Å²) in [6.45, 7) is 9.76. The SMILES string of the molecule is CC(C)N1CCc2ccc(NC(=O)C(C)(C)NC(=O)Oc3ccc(Cl)s3)cc2CC1. The number of hydrogen-bond donors (Lipinski definition) is 2. The van der Waals surface area contributed by atoms with E-state index in [1.807, 2.05) is 12.1 Å². The van der Waals surface area contributed by atoms with Crippen LogP contribution in [0.5, 0.6) is 5.06 Å². The molecule has 2 amide bonds. The van der Waals surface area contributed by atoms with Crippen LogP contribution in [0.3, 0.4) is 0 Å². The van der Waals surface area contributed by atoms with Crippen LogP contribution in [-0.4, -0.2) is 41.6 Å². The lowest BCUT2D eigenvalue weighted by molar-refractivity contribution is -0.121. The lowest BCUT2D eigenvalue weighted by Crippen LogP contribution is -2.53. The first-order valence-electron chi connectivity index (χ1n) is 10.1. The number of amides is 2. The second kappa shape index (κ2) is 9.37. The number of rotatable bonds is 5. The van der Waals surface area contributed by atoms with Gasteiger partial charge >= 0.3 is 6.09 Å². The maximum absolute atomic E-state index is 12.8. The van der Waals surface area contributed by atoms with E-state index in [2.05, 4.69) is 35.4 Å². The van der Waals surface area contributed by atoms with E-state index in [-0.39, 0.29) is 5.91 Å². The second-order valence-electron chi connectivity index (χ2n) is 8.27. The van der Waals surface area contributed by atoms with Gasteiger partial charge in [0.15, 0.2) is 5.06 Å². The number of fused-ring (bicyclic) bond motifs is 1. The first-order chi connectivity index (χ1) is 14.1. The van der Waals surface area contributed by atoms with Gasteiger partial charge in [-0.25, -0.2) is 4.79 Å². The predicted octanol–water partition coefficient (Wildman–Crippen LogP) is 4.72. The summed E-state index contributed by atoms with van der Waals surface area (Å²) >= 11 is 6.99. The predicted molar refractivity (Wildman–Crippen MR) is 122 cm³/mol. The number of nitrogens with zero attached hydrogens (tertiary/aromatic N) is 1. The summed E-state index contributed by atoms with van der Waals surface area (Å²) in [4.78, 5) is 27.4. The number of anilines is 1. The fraction of sp³-hybridized carbons (Fsp3) is 0.455. The summed E-state index contributed by atoms with van der Waals surface area (Å²) < 4.78 is 5.71. The van der Waals surface area contributed by atoms with Gasteiger partial charge in [0.2, 0.25) is 5.91 Å². The Morgan fingerprint density at radius 3 is 2.47 bits per heavy atom. The van der Waals surface area contributed by atoms with E-state index >= 15 is 0 Å². The topological polar surface area (TPSA) is 70.7 Å². The molecule has 162 valence electrons. The number of thiophene rings is 1. The molecule has 0 bridgehead atoms. The quantitative estimate of drug-likeness (QED) is 0.693. The standard InChI is InChI=1S/C22H28ClN3O3S/c1-14(2)26-11-9-15-5-6-17(13-16(15)10-12-26)24-20(27)22(3,4)25-21(28)29-19-8-7-18(23)30-19/h5-8,13-14H,9-12H2,1-4H3,(H,24,27)(H,25,28). The highest BCUT2D eigenvalue weighted by molar-refractivity contribution is 7.17. The molecule has 1 aromatic heterocycles. The van der Waals surface area contributed by atoms with Gasteiger partial charge in [0.25, 0.3) is 0 Å². The van der Waals surface area contributed by atoms with Crippen molar-refractivity contribution in [2.45, 2.75) is 52.1 Å². The van der Waals surface area contributed by atoms with Crippen LogP contribution < -0.4 is 15.4 Å². The molecule has 1 aliphatic heterocycles. The third-order valence-corrected chi connectivity index (χ3v) is 6.36. The largest absolute Gasteiger partial charge is 0.414 e. The van der Waals surface area contributed by atoms with Crippen LogP contribution >= 0.6 is 22.9 Å². The number of benzene rings is 1. The maximum atomic E-state index is 12.8. The summed E-state index contributed by atoms with van der Waals surface area (Å²) in [6, 6.07) is 9.82. The first kappa shape index (κ1) is 22.6. The van der Waals surface area contributed by atoms with Gasteiger partial charge in [0.1, 0.15) is 5.54 Å². The molecular weight excluding hydrogens is 422 g/mol. The van der Waals surface area contributed by atoms with Gasteiger partial charge in [-0.15, -0.1) is 0 Å². The van der Waals surface area contributed by atoms with Crippen molar-refractivity contribution >= 4 is 40.6 Å². The molecular formula is C22H28ClN3O3S. The Kier molecular flexibility index (Phi) is 7.06. The van der Waals surface area contributed by atoms with Gasteiger partial charge in [-0.1, -0.05) is 29.0 Å². The molecule has 2 aromatic rings. The highest BCUT2D eigenvalue weighted by Gasteiger charge is 2.31. The fourth-order valence-electron chi connectivity index (χ4n) is 3.41. The van der Waals surface area contributed by atoms with Crippen molar-refractivity contribution in [2.24, 2.45) is 0 Å². The minimum absolute atomic E-state index is 0.318. The van der Waals surface area contributed by atoms with Crippen molar-refractivity contribution in [3.05, 3.63) is 45.8 Å². The van der Waals surface area contributed by atoms with Crippen molar-refractivity contribution in [3.8, 4) is 5.06 Å². The monoisotopic (exact) mass is 449 g/mol. The van der Waals surface area contributed by atoms with Gasteiger partial charge < -0.3 is 20.3 Å². The number of hydrogen-bond acceptors (Lipinski definition) is 5. The molecule has 1 aliphatic rings. The highest BCUT2D eigenvalue weighted by Crippen LogP contribution is 2.28. The van der Waals surface area contributed by atoms with Gasteiger partial charge in [-0.05, 0) is 75.9 Å². The number of nitrogens with one attached hydrogen (secondary N) is 2. The van der Waals surface area contributed by atoms with E-state index in [9.17, 15) is 9.59 Å². The third kappa shape index (κ3) is 5.74. The molecule has 0 aliphatic carbocycles. The zero-order valence-corrected chi connectivity index (χ0v) is 19.3. The van der Waals surface area contributed by atoms with Crippen molar-refractivity contribution in [2.75, 3.05) is 18.4 Å². The molecule has 0 spiro atoms. The van der Waals surface area contributed by atoms with Gasteiger partial charge in [0.05, 0.1) is 4.34 Å². The Hall–Kier alpha value is -2.09. The molecule has 3 rings (SSSR count). The Balaban J connectivity index is 1.61. The third-order valence-electron chi connectivity index (χ3n) is 5.26. The molecule has 2 heterocycles. The summed E-state index contributed by atoms with van der Waals surface area (Å²) in [7, 11) is 0. The lowest BCUT2D eigenvalue weighted by atomic mass is 10.0. The average Bonchev–Trinajstić information content (AvgIpc) is 2.94. The molecule has 0 saturated heterocycles. The number of carbonyl (C=O) groups excluding carboxylic acids is 2. The van der Waals surface area contributed by atoms with E-state index < -0.39 is 11.6 Å². The molecule has 0 radical (unpaired) electrons. The Labute approximate surface area is 186 Å². The lowest BCUT2D eigenvalue weighted by Gasteiger charge is -2.24. The van der Waals surface area contributed by atoms with Crippen LogP contribution in [0, 0.1) is 0 Å². The first-order valence-corrected chi connectivity index (χ1v) is 11.3. The Morgan fingerprint density at radius 1 is 1.13 bits per heavy atom. The summed E-state index contributed by atoms with van der Waals surface area (Å²) in [6.07, 6.45) is 1.26. The molecule has 1 aromatic carbocycles. The number of ether oxygens (including phenoxy) is 1. The zero-order chi connectivity index (χ0) is 21.9. The van der Waals surface area contributed by atoms with Crippen LogP contribution in [0.2, 0.25) is 4.34 Å². The van der Waals surface area contributed by atoms with Gasteiger partial charge in [-0.3, -0.25) is 4.79 Å². The Bertz CT molecular complexity index is 926. The van der Waals surface area contributed by atoms with Crippen LogP contribution in [0.4, 0.5) is 10.5 Å². The molecule has 8 heteroatoms.